The van der Waals surface area contributed by atoms with Crippen LogP contribution in [0, 0.1) is 0 Å². The van der Waals surface area contributed by atoms with E-state index >= 15 is 0 Å². The Bertz CT molecular complexity index is 1120. The van der Waals surface area contributed by atoms with Gasteiger partial charge in [0.15, 0.2) is 5.82 Å². The van der Waals surface area contributed by atoms with Gasteiger partial charge in [-0.05, 0) is 53.7 Å². The van der Waals surface area contributed by atoms with Crippen LogP contribution in [0.4, 0.5) is 15.3 Å². The van der Waals surface area contributed by atoms with E-state index in [1.165, 1.54) is 6.07 Å². The first kappa shape index (κ1) is 24.7. The van der Waals surface area contributed by atoms with Gasteiger partial charge in [-0.15, -0.1) is 0 Å². The SMILES string of the molecule is CCOc1ccccc1N1C(=O)C(=O)N(Cc2nc(C(C)(C)NC(=O)OC(C)(C)C)no2)C1=O. The largest absolute Gasteiger partial charge is 0.492 e. The number of nitrogens with one attached hydrogen (secondary N) is 1. The molecule has 12 nitrogen and oxygen atoms in total. The van der Waals surface area contributed by atoms with Gasteiger partial charge >= 0.3 is 23.9 Å². The lowest BCUT2D eigenvalue weighted by Gasteiger charge is -2.26. The van der Waals surface area contributed by atoms with E-state index in [-0.39, 0.29) is 23.2 Å². The molecule has 0 aliphatic carbocycles. The van der Waals surface area contributed by atoms with Crippen LogP contribution in [-0.2, 0) is 26.4 Å². The molecule has 1 aromatic heterocycles. The van der Waals surface area contributed by atoms with E-state index in [9.17, 15) is 19.2 Å². The van der Waals surface area contributed by atoms with Crippen molar-refractivity contribution in [2.24, 2.45) is 0 Å². The van der Waals surface area contributed by atoms with E-state index in [1.807, 2.05) is 0 Å². The Balaban J connectivity index is 1.77. The number of para-hydroxylation sites is 2. The number of anilines is 1. The van der Waals surface area contributed by atoms with Crippen molar-refractivity contribution in [3.05, 3.63) is 36.0 Å². The molecular weight excluding hydrogens is 446 g/mol. The minimum atomic E-state index is -1.08. The summed E-state index contributed by atoms with van der Waals surface area (Å²) in [4.78, 5) is 55.9. The summed E-state index contributed by atoms with van der Waals surface area (Å²) in [6.45, 7) is 10.1. The summed E-state index contributed by atoms with van der Waals surface area (Å²) in [5, 5.41) is 6.48. The maximum absolute atomic E-state index is 13.0. The number of urea groups is 1. The van der Waals surface area contributed by atoms with Crippen LogP contribution in [0.2, 0.25) is 0 Å². The first-order chi connectivity index (χ1) is 15.8. The van der Waals surface area contributed by atoms with Crippen LogP contribution in [0.25, 0.3) is 0 Å². The molecule has 0 radical (unpaired) electrons. The summed E-state index contributed by atoms with van der Waals surface area (Å²) in [5.74, 6) is -1.77. The van der Waals surface area contributed by atoms with Crippen molar-refractivity contribution in [2.75, 3.05) is 11.5 Å². The van der Waals surface area contributed by atoms with Gasteiger partial charge in [0.1, 0.15) is 23.4 Å². The maximum atomic E-state index is 13.0. The zero-order valence-corrected chi connectivity index (χ0v) is 19.9. The molecule has 0 bridgehead atoms. The molecular formula is C22H27N5O7. The van der Waals surface area contributed by atoms with E-state index < -0.39 is 41.6 Å². The Morgan fingerprint density at radius 3 is 2.41 bits per heavy atom. The van der Waals surface area contributed by atoms with Gasteiger partial charge in [0.2, 0.25) is 5.89 Å². The number of benzene rings is 1. The van der Waals surface area contributed by atoms with Gasteiger partial charge in [0, 0.05) is 0 Å². The normalized spacial score (nSPS) is 14.6. The first-order valence-corrected chi connectivity index (χ1v) is 10.6. The number of nitrogens with zero attached hydrogens (tertiary/aromatic N) is 4. The number of carbonyl (C=O) groups excluding carboxylic acids is 4. The molecule has 0 unspecified atom stereocenters. The summed E-state index contributed by atoms with van der Waals surface area (Å²) in [6.07, 6.45) is -0.678. The summed E-state index contributed by atoms with van der Waals surface area (Å²) < 4.78 is 15.9. The van der Waals surface area contributed by atoms with E-state index in [0.29, 0.717) is 11.5 Å². The van der Waals surface area contributed by atoms with Gasteiger partial charge in [-0.25, -0.2) is 19.4 Å². The monoisotopic (exact) mass is 473 g/mol. The van der Waals surface area contributed by atoms with Crippen molar-refractivity contribution in [3.8, 4) is 5.75 Å². The summed E-state index contributed by atoms with van der Waals surface area (Å²) in [7, 11) is 0. The molecule has 1 N–H and O–H groups in total. The lowest BCUT2D eigenvalue weighted by Crippen LogP contribution is -2.44. The van der Waals surface area contributed by atoms with Gasteiger partial charge in [-0.3, -0.25) is 9.59 Å². The summed E-state index contributed by atoms with van der Waals surface area (Å²) in [5.41, 5.74) is -1.62. The molecule has 12 heteroatoms. The second-order valence-electron chi connectivity index (χ2n) is 8.98. The molecule has 5 amide bonds. The smallest absolute Gasteiger partial charge is 0.408 e. The number of alkyl carbamates (subject to hydrolysis) is 1. The quantitative estimate of drug-likeness (QED) is 0.474. The predicted molar refractivity (Wildman–Crippen MR) is 118 cm³/mol. The second kappa shape index (κ2) is 9.12. The number of imide groups is 2. The molecule has 3 rings (SSSR count). The van der Waals surface area contributed by atoms with Crippen LogP contribution >= 0.6 is 0 Å². The van der Waals surface area contributed by atoms with Crippen molar-refractivity contribution in [3.63, 3.8) is 0 Å². The Morgan fingerprint density at radius 2 is 1.76 bits per heavy atom. The number of hydrogen-bond acceptors (Lipinski definition) is 9. The van der Waals surface area contributed by atoms with Crippen molar-refractivity contribution < 1.29 is 33.2 Å². The molecule has 1 fully saturated rings. The zero-order valence-electron chi connectivity index (χ0n) is 19.9. The fraction of sp³-hybridized carbons (Fsp3) is 0.455. The van der Waals surface area contributed by atoms with E-state index in [1.54, 1.807) is 59.7 Å². The standard InChI is InChI=1S/C22H27N5O7/c1-7-32-14-11-9-8-10-13(14)27-17(29)16(28)26(20(27)31)12-15-23-18(25-34-15)22(5,6)24-19(30)33-21(2,3)4/h8-11H,7,12H2,1-6H3,(H,24,30). The third-order valence-corrected chi connectivity index (χ3v) is 4.59. The molecule has 1 saturated heterocycles. The highest BCUT2D eigenvalue weighted by Crippen LogP contribution is 2.32. The van der Waals surface area contributed by atoms with Gasteiger partial charge in [0.05, 0.1) is 12.3 Å². The minimum Gasteiger partial charge on any atom is -0.492 e. The van der Waals surface area contributed by atoms with Crippen LogP contribution in [0.3, 0.4) is 0 Å². The summed E-state index contributed by atoms with van der Waals surface area (Å²) >= 11 is 0. The highest BCUT2D eigenvalue weighted by atomic mass is 16.6. The second-order valence-corrected chi connectivity index (χ2v) is 8.98. The van der Waals surface area contributed by atoms with Crippen LogP contribution in [0.5, 0.6) is 5.75 Å². The molecule has 1 aliphatic heterocycles. The van der Waals surface area contributed by atoms with Crippen LogP contribution in [0.15, 0.2) is 28.8 Å². The number of ether oxygens (including phenoxy) is 2. The Kier molecular flexibility index (Phi) is 6.62. The Morgan fingerprint density at radius 1 is 1.09 bits per heavy atom. The highest BCUT2D eigenvalue weighted by molar-refractivity contribution is 6.52. The fourth-order valence-electron chi connectivity index (χ4n) is 3.10. The molecule has 0 spiro atoms. The Labute approximate surface area is 196 Å². The van der Waals surface area contributed by atoms with Crippen molar-refractivity contribution in [1.82, 2.24) is 20.4 Å². The van der Waals surface area contributed by atoms with Crippen LogP contribution in [0.1, 0.15) is 53.3 Å². The maximum Gasteiger partial charge on any atom is 0.408 e. The molecule has 0 saturated carbocycles. The molecule has 1 aromatic carbocycles. The van der Waals surface area contributed by atoms with Gasteiger partial charge in [0.25, 0.3) is 0 Å². The predicted octanol–water partition coefficient (Wildman–Crippen LogP) is 2.72. The molecule has 34 heavy (non-hydrogen) atoms. The lowest BCUT2D eigenvalue weighted by molar-refractivity contribution is -0.139. The van der Waals surface area contributed by atoms with Crippen molar-refractivity contribution in [1.29, 1.82) is 0 Å². The number of aromatic nitrogens is 2. The Hall–Kier alpha value is -3.96. The highest BCUT2D eigenvalue weighted by Gasteiger charge is 2.47. The molecule has 0 atom stereocenters. The topological polar surface area (TPSA) is 144 Å². The third kappa shape index (κ3) is 5.16. The van der Waals surface area contributed by atoms with Crippen LogP contribution < -0.4 is 15.0 Å². The van der Waals surface area contributed by atoms with E-state index in [2.05, 4.69) is 15.5 Å². The third-order valence-electron chi connectivity index (χ3n) is 4.59. The molecule has 1 aliphatic rings. The van der Waals surface area contributed by atoms with E-state index in [0.717, 1.165) is 4.90 Å². The number of amides is 5. The molecule has 2 heterocycles. The fourth-order valence-corrected chi connectivity index (χ4v) is 3.10. The average Bonchev–Trinajstić information content (AvgIpc) is 3.27. The number of carbonyl (C=O) groups is 4. The van der Waals surface area contributed by atoms with Crippen molar-refractivity contribution >= 4 is 29.6 Å². The summed E-state index contributed by atoms with van der Waals surface area (Å²) in [6, 6.07) is 5.54. The van der Waals surface area contributed by atoms with Crippen LogP contribution in [-0.4, -0.2) is 51.2 Å². The number of rotatable bonds is 7. The van der Waals surface area contributed by atoms with Crippen molar-refractivity contribution in [2.45, 2.75) is 59.2 Å². The molecule has 2 aromatic rings. The number of hydrogen-bond donors (Lipinski definition) is 1. The van der Waals surface area contributed by atoms with Gasteiger partial charge in [-0.1, -0.05) is 17.3 Å². The van der Waals surface area contributed by atoms with E-state index in [4.69, 9.17) is 14.0 Å². The lowest BCUT2D eigenvalue weighted by atomic mass is 10.1. The minimum absolute atomic E-state index is 0.0940. The first-order valence-electron chi connectivity index (χ1n) is 10.6. The molecule has 182 valence electrons. The van der Waals surface area contributed by atoms with Gasteiger partial charge < -0.3 is 19.3 Å². The zero-order chi connectivity index (χ0) is 25.3. The average molecular weight is 473 g/mol. The van der Waals surface area contributed by atoms with Gasteiger partial charge in [-0.2, -0.15) is 4.98 Å².